The zero-order valence-electron chi connectivity index (χ0n) is 16.7. The lowest BCUT2D eigenvalue weighted by atomic mass is 10.2. The molecule has 0 fully saturated rings. The first-order chi connectivity index (χ1) is 14.6. The number of methoxy groups -OCH3 is 2. The molecule has 0 aliphatic heterocycles. The SMILES string of the molecule is COc1ccccc1CN/N=C/c1cc(Br)c(OCc2ccc(Cl)cc2)c(OC)c1. The Morgan fingerprint density at radius 1 is 1.00 bits per heavy atom. The number of halogens is 2. The second-order valence-corrected chi connectivity index (χ2v) is 7.64. The summed E-state index contributed by atoms with van der Waals surface area (Å²) in [7, 11) is 3.26. The molecular formula is C23H22BrClN2O3. The van der Waals surface area contributed by atoms with E-state index in [2.05, 4.69) is 26.5 Å². The molecule has 0 aliphatic rings. The minimum Gasteiger partial charge on any atom is -0.496 e. The van der Waals surface area contributed by atoms with E-state index in [9.17, 15) is 0 Å². The predicted octanol–water partition coefficient (Wildman–Crippen LogP) is 5.82. The van der Waals surface area contributed by atoms with Gasteiger partial charge in [-0.1, -0.05) is 41.9 Å². The standard InChI is InChI=1S/C23H22BrClN2O3/c1-28-21-6-4-3-5-18(21)14-27-26-13-17-11-20(24)23(22(12-17)29-2)30-15-16-7-9-19(25)10-8-16/h3-13,27H,14-15H2,1-2H3/b26-13+. The number of benzene rings is 3. The van der Waals surface area contributed by atoms with Crippen molar-refractivity contribution in [2.24, 2.45) is 5.10 Å². The summed E-state index contributed by atoms with van der Waals surface area (Å²) in [5.74, 6) is 2.07. The van der Waals surface area contributed by atoms with E-state index in [-0.39, 0.29) is 0 Å². The van der Waals surface area contributed by atoms with Crippen LogP contribution in [0.1, 0.15) is 16.7 Å². The van der Waals surface area contributed by atoms with Crippen molar-refractivity contribution in [3.63, 3.8) is 0 Å². The second kappa shape index (κ2) is 10.9. The van der Waals surface area contributed by atoms with E-state index >= 15 is 0 Å². The molecule has 0 bridgehead atoms. The fourth-order valence-electron chi connectivity index (χ4n) is 2.79. The summed E-state index contributed by atoms with van der Waals surface area (Å²) in [4.78, 5) is 0. The lowest BCUT2D eigenvalue weighted by Crippen LogP contribution is -2.07. The van der Waals surface area contributed by atoms with Crippen LogP contribution in [0.3, 0.4) is 0 Å². The van der Waals surface area contributed by atoms with Gasteiger partial charge in [0.2, 0.25) is 0 Å². The zero-order chi connectivity index (χ0) is 21.3. The Balaban J connectivity index is 1.65. The van der Waals surface area contributed by atoms with Crippen LogP contribution in [-0.4, -0.2) is 20.4 Å². The van der Waals surface area contributed by atoms with Gasteiger partial charge < -0.3 is 19.6 Å². The summed E-state index contributed by atoms with van der Waals surface area (Å²) in [5, 5.41) is 4.99. The van der Waals surface area contributed by atoms with Gasteiger partial charge in [0.1, 0.15) is 12.4 Å². The second-order valence-electron chi connectivity index (χ2n) is 6.35. The lowest BCUT2D eigenvalue weighted by molar-refractivity contribution is 0.282. The molecule has 0 atom stereocenters. The van der Waals surface area contributed by atoms with Crippen LogP contribution in [0.5, 0.6) is 17.2 Å². The fraction of sp³-hybridized carbons (Fsp3) is 0.174. The first-order valence-corrected chi connectivity index (χ1v) is 10.4. The number of ether oxygens (including phenoxy) is 3. The number of hydrogen-bond donors (Lipinski definition) is 1. The maximum atomic E-state index is 5.96. The minimum atomic E-state index is 0.403. The van der Waals surface area contributed by atoms with Gasteiger partial charge in [-0.2, -0.15) is 5.10 Å². The normalized spacial score (nSPS) is 10.8. The van der Waals surface area contributed by atoms with E-state index in [0.29, 0.717) is 29.7 Å². The molecule has 0 aromatic heterocycles. The van der Waals surface area contributed by atoms with Gasteiger partial charge in [-0.3, -0.25) is 0 Å². The third-order valence-corrected chi connectivity index (χ3v) is 5.16. The minimum absolute atomic E-state index is 0.403. The first-order valence-electron chi connectivity index (χ1n) is 9.23. The highest BCUT2D eigenvalue weighted by Gasteiger charge is 2.11. The number of nitrogens with zero attached hydrogens (tertiary/aromatic N) is 1. The van der Waals surface area contributed by atoms with Crippen LogP contribution in [-0.2, 0) is 13.2 Å². The molecule has 0 unspecified atom stereocenters. The molecule has 3 aromatic carbocycles. The third-order valence-electron chi connectivity index (χ3n) is 4.32. The molecule has 5 nitrogen and oxygen atoms in total. The van der Waals surface area contributed by atoms with Gasteiger partial charge in [0.15, 0.2) is 11.5 Å². The van der Waals surface area contributed by atoms with Gasteiger partial charge in [0.25, 0.3) is 0 Å². The number of para-hydroxylation sites is 1. The molecule has 0 heterocycles. The van der Waals surface area contributed by atoms with Gasteiger partial charge in [-0.25, -0.2) is 0 Å². The number of nitrogens with one attached hydrogen (secondary N) is 1. The van der Waals surface area contributed by atoms with Crippen molar-refractivity contribution in [2.45, 2.75) is 13.2 Å². The van der Waals surface area contributed by atoms with Gasteiger partial charge >= 0.3 is 0 Å². The van der Waals surface area contributed by atoms with Crippen molar-refractivity contribution in [1.82, 2.24) is 5.43 Å². The smallest absolute Gasteiger partial charge is 0.175 e. The van der Waals surface area contributed by atoms with Crippen LogP contribution in [0.15, 0.2) is 70.2 Å². The molecule has 3 aromatic rings. The highest BCUT2D eigenvalue weighted by atomic mass is 79.9. The van der Waals surface area contributed by atoms with Crippen molar-refractivity contribution in [2.75, 3.05) is 14.2 Å². The van der Waals surface area contributed by atoms with E-state index in [4.69, 9.17) is 25.8 Å². The van der Waals surface area contributed by atoms with Gasteiger partial charge in [-0.05, 0) is 57.4 Å². The summed E-state index contributed by atoms with van der Waals surface area (Å²) in [6, 6.07) is 19.1. The maximum Gasteiger partial charge on any atom is 0.175 e. The summed E-state index contributed by atoms with van der Waals surface area (Å²) in [5.41, 5.74) is 5.95. The van der Waals surface area contributed by atoms with Crippen molar-refractivity contribution in [3.8, 4) is 17.2 Å². The number of hydrazone groups is 1. The lowest BCUT2D eigenvalue weighted by Gasteiger charge is -2.13. The van der Waals surface area contributed by atoms with E-state index in [1.807, 2.05) is 60.7 Å². The van der Waals surface area contributed by atoms with Crippen LogP contribution in [0.4, 0.5) is 0 Å². The van der Waals surface area contributed by atoms with Crippen molar-refractivity contribution in [1.29, 1.82) is 0 Å². The number of rotatable bonds is 9. The van der Waals surface area contributed by atoms with Crippen LogP contribution < -0.4 is 19.6 Å². The van der Waals surface area contributed by atoms with Crippen LogP contribution in [0.2, 0.25) is 5.02 Å². The predicted molar refractivity (Wildman–Crippen MR) is 124 cm³/mol. The highest BCUT2D eigenvalue weighted by molar-refractivity contribution is 9.10. The van der Waals surface area contributed by atoms with E-state index in [0.717, 1.165) is 26.9 Å². The highest BCUT2D eigenvalue weighted by Crippen LogP contribution is 2.37. The molecule has 1 N–H and O–H groups in total. The molecular weight excluding hydrogens is 468 g/mol. The number of hydrogen-bond acceptors (Lipinski definition) is 5. The Labute approximate surface area is 189 Å². The van der Waals surface area contributed by atoms with Crippen molar-refractivity contribution >= 4 is 33.7 Å². The molecule has 7 heteroatoms. The van der Waals surface area contributed by atoms with Crippen LogP contribution in [0.25, 0.3) is 0 Å². The molecule has 0 saturated heterocycles. The summed E-state index contributed by atoms with van der Waals surface area (Å²) in [6.45, 7) is 0.959. The topological polar surface area (TPSA) is 52.1 Å². The monoisotopic (exact) mass is 488 g/mol. The van der Waals surface area contributed by atoms with Gasteiger partial charge in [0.05, 0.1) is 31.5 Å². The largest absolute Gasteiger partial charge is 0.496 e. The zero-order valence-corrected chi connectivity index (χ0v) is 19.0. The molecule has 156 valence electrons. The molecule has 0 amide bonds. The Kier molecular flexibility index (Phi) is 7.99. The molecule has 0 radical (unpaired) electrons. The first kappa shape index (κ1) is 22.0. The molecule has 0 aliphatic carbocycles. The van der Waals surface area contributed by atoms with Gasteiger partial charge in [-0.15, -0.1) is 0 Å². The molecule has 30 heavy (non-hydrogen) atoms. The summed E-state index contributed by atoms with van der Waals surface area (Å²) in [6.07, 6.45) is 1.73. The Bertz CT molecular complexity index is 1010. The van der Waals surface area contributed by atoms with E-state index in [1.165, 1.54) is 0 Å². The Morgan fingerprint density at radius 3 is 2.47 bits per heavy atom. The Morgan fingerprint density at radius 2 is 1.73 bits per heavy atom. The van der Waals surface area contributed by atoms with Crippen molar-refractivity contribution < 1.29 is 14.2 Å². The van der Waals surface area contributed by atoms with E-state index in [1.54, 1.807) is 20.4 Å². The summed E-state index contributed by atoms with van der Waals surface area (Å²) < 4.78 is 17.6. The van der Waals surface area contributed by atoms with Crippen molar-refractivity contribution in [3.05, 3.63) is 86.8 Å². The van der Waals surface area contributed by atoms with Crippen LogP contribution >= 0.6 is 27.5 Å². The summed E-state index contributed by atoms with van der Waals surface area (Å²) >= 11 is 9.49. The maximum absolute atomic E-state index is 5.96. The quantitative estimate of drug-likeness (QED) is 0.304. The average molecular weight is 490 g/mol. The fourth-order valence-corrected chi connectivity index (χ4v) is 3.49. The molecule has 3 rings (SSSR count). The third kappa shape index (κ3) is 5.90. The Hall–Kier alpha value is -2.70. The average Bonchev–Trinajstić information content (AvgIpc) is 2.77. The van der Waals surface area contributed by atoms with Crippen LogP contribution in [0, 0.1) is 0 Å². The van der Waals surface area contributed by atoms with E-state index < -0.39 is 0 Å². The molecule has 0 saturated carbocycles. The van der Waals surface area contributed by atoms with Gasteiger partial charge in [0, 0.05) is 10.6 Å². The molecule has 0 spiro atoms.